The standard InChI is InChI=1S/C17H28N2O/c1-6-8-9-14(7-2)13-18-15(20)12-17(5)11-10-16(3,4)19-17/h6-9,19H,2,10-13H2,1,3-5H3,(H,18,20)/b8-6+,14-9+. The topological polar surface area (TPSA) is 41.1 Å². The van der Waals surface area contributed by atoms with E-state index in [2.05, 4.69) is 38.0 Å². The Morgan fingerprint density at radius 3 is 2.55 bits per heavy atom. The van der Waals surface area contributed by atoms with Crippen molar-refractivity contribution in [1.29, 1.82) is 0 Å². The molecule has 1 atom stereocenters. The van der Waals surface area contributed by atoms with E-state index in [1.807, 2.05) is 25.2 Å². The molecule has 0 bridgehead atoms. The fourth-order valence-electron chi connectivity index (χ4n) is 2.70. The van der Waals surface area contributed by atoms with E-state index in [1.165, 1.54) is 0 Å². The van der Waals surface area contributed by atoms with Gasteiger partial charge in [0, 0.05) is 24.0 Å². The van der Waals surface area contributed by atoms with E-state index in [9.17, 15) is 4.79 Å². The van der Waals surface area contributed by atoms with Crippen LogP contribution in [0.2, 0.25) is 0 Å². The maximum atomic E-state index is 12.1. The van der Waals surface area contributed by atoms with Crippen LogP contribution in [0.4, 0.5) is 0 Å². The molecular weight excluding hydrogens is 248 g/mol. The second-order valence-corrected chi connectivity index (χ2v) is 6.49. The first kappa shape index (κ1) is 16.7. The molecule has 0 aromatic heterocycles. The van der Waals surface area contributed by atoms with Crippen LogP contribution in [0.25, 0.3) is 0 Å². The molecule has 0 spiro atoms. The third-order valence-corrected chi connectivity index (χ3v) is 3.75. The Hall–Kier alpha value is -1.35. The summed E-state index contributed by atoms with van der Waals surface area (Å²) < 4.78 is 0. The summed E-state index contributed by atoms with van der Waals surface area (Å²) in [6.45, 7) is 12.8. The Labute approximate surface area is 123 Å². The summed E-state index contributed by atoms with van der Waals surface area (Å²) in [5, 5.41) is 6.54. The summed E-state index contributed by atoms with van der Waals surface area (Å²) in [6, 6.07) is 0. The van der Waals surface area contributed by atoms with Crippen molar-refractivity contribution in [3.63, 3.8) is 0 Å². The van der Waals surface area contributed by atoms with Crippen LogP contribution < -0.4 is 10.6 Å². The molecule has 0 aliphatic carbocycles. The summed E-state index contributed by atoms with van der Waals surface area (Å²) in [7, 11) is 0. The smallest absolute Gasteiger partial charge is 0.222 e. The van der Waals surface area contributed by atoms with Crippen LogP contribution in [0.1, 0.15) is 47.0 Å². The highest BCUT2D eigenvalue weighted by Gasteiger charge is 2.39. The zero-order valence-electron chi connectivity index (χ0n) is 13.3. The molecule has 0 aromatic rings. The Kier molecular flexibility index (Phi) is 5.75. The van der Waals surface area contributed by atoms with E-state index in [0.29, 0.717) is 13.0 Å². The number of hydrogen-bond donors (Lipinski definition) is 2. The molecule has 0 saturated carbocycles. The van der Waals surface area contributed by atoms with Crippen molar-refractivity contribution in [2.45, 2.75) is 58.0 Å². The molecule has 1 saturated heterocycles. The number of hydrogen-bond acceptors (Lipinski definition) is 2. The number of amides is 1. The number of nitrogens with one attached hydrogen (secondary N) is 2. The first-order chi connectivity index (χ1) is 9.30. The van der Waals surface area contributed by atoms with E-state index < -0.39 is 0 Å². The normalized spacial score (nSPS) is 25.9. The summed E-state index contributed by atoms with van der Waals surface area (Å²) >= 11 is 0. The van der Waals surface area contributed by atoms with Gasteiger partial charge in [0.15, 0.2) is 0 Å². The molecule has 1 amide bonds. The van der Waals surface area contributed by atoms with Crippen molar-refractivity contribution in [2.75, 3.05) is 6.54 Å². The molecule has 20 heavy (non-hydrogen) atoms. The molecule has 3 heteroatoms. The quantitative estimate of drug-likeness (QED) is 0.732. The van der Waals surface area contributed by atoms with Gasteiger partial charge < -0.3 is 10.6 Å². The van der Waals surface area contributed by atoms with Crippen molar-refractivity contribution >= 4 is 5.91 Å². The molecule has 1 aliphatic heterocycles. The Morgan fingerprint density at radius 1 is 1.35 bits per heavy atom. The van der Waals surface area contributed by atoms with Crippen molar-refractivity contribution in [3.8, 4) is 0 Å². The Balaban J connectivity index is 2.46. The molecule has 3 nitrogen and oxygen atoms in total. The second-order valence-electron chi connectivity index (χ2n) is 6.49. The van der Waals surface area contributed by atoms with Gasteiger partial charge in [0.1, 0.15) is 0 Å². The summed E-state index contributed by atoms with van der Waals surface area (Å²) in [5.41, 5.74) is 1.06. The minimum atomic E-state index is -0.0883. The lowest BCUT2D eigenvalue weighted by Crippen LogP contribution is -2.48. The van der Waals surface area contributed by atoms with Gasteiger partial charge in [-0.3, -0.25) is 4.79 Å². The molecule has 0 radical (unpaired) electrons. The van der Waals surface area contributed by atoms with Gasteiger partial charge in [0.25, 0.3) is 0 Å². The maximum Gasteiger partial charge on any atom is 0.222 e. The predicted molar refractivity (Wildman–Crippen MR) is 85.6 cm³/mol. The molecule has 0 aromatic carbocycles. The van der Waals surface area contributed by atoms with Gasteiger partial charge in [-0.1, -0.05) is 30.9 Å². The molecule has 1 unspecified atom stereocenters. The lowest BCUT2D eigenvalue weighted by molar-refractivity contribution is -0.122. The Bertz CT molecular complexity index is 421. The largest absolute Gasteiger partial charge is 0.352 e. The molecule has 1 aliphatic rings. The minimum absolute atomic E-state index is 0.0883. The zero-order valence-corrected chi connectivity index (χ0v) is 13.3. The number of allylic oxidation sites excluding steroid dienone is 3. The van der Waals surface area contributed by atoms with Gasteiger partial charge in [-0.25, -0.2) is 0 Å². The third kappa shape index (κ3) is 5.33. The monoisotopic (exact) mass is 276 g/mol. The van der Waals surface area contributed by atoms with Crippen LogP contribution in [0.3, 0.4) is 0 Å². The molecule has 1 rings (SSSR count). The predicted octanol–water partition coefficient (Wildman–Crippen LogP) is 3.10. The Morgan fingerprint density at radius 2 is 2.05 bits per heavy atom. The molecular formula is C17H28N2O. The fraction of sp³-hybridized carbons (Fsp3) is 0.588. The summed E-state index contributed by atoms with van der Waals surface area (Å²) in [4.78, 5) is 12.1. The summed E-state index contributed by atoms with van der Waals surface area (Å²) in [6.07, 6.45) is 10.3. The highest BCUT2D eigenvalue weighted by molar-refractivity contribution is 5.77. The van der Waals surface area contributed by atoms with Crippen LogP contribution >= 0.6 is 0 Å². The SMILES string of the molecule is C=C/C(=C\C=C\C)CNC(=O)CC1(C)CCC(C)(C)N1. The van der Waals surface area contributed by atoms with E-state index in [-0.39, 0.29) is 17.0 Å². The average molecular weight is 276 g/mol. The number of carbonyl (C=O) groups is 1. The molecule has 1 heterocycles. The van der Waals surface area contributed by atoms with Gasteiger partial charge in [-0.05, 0) is 46.1 Å². The van der Waals surface area contributed by atoms with Crippen LogP contribution in [0.5, 0.6) is 0 Å². The first-order valence-corrected chi connectivity index (χ1v) is 7.31. The molecule has 112 valence electrons. The molecule has 1 fully saturated rings. The van der Waals surface area contributed by atoms with Gasteiger partial charge in [0.2, 0.25) is 5.91 Å². The van der Waals surface area contributed by atoms with E-state index in [1.54, 1.807) is 6.08 Å². The van der Waals surface area contributed by atoms with Crippen molar-refractivity contribution in [2.24, 2.45) is 0 Å². The first-order valence-electron chi connectivity index (χ1n) is 7.31. The van der Waals surface area contributed by atoms with Gasteiger partial charge in [-0.15, -0.1) is 0 Å². The van der Waals surface area contributed by atoms with Crippen LogP contribution in [-0.4, -0.2) is 23.5 Å². The maximum absolute atomic E-state index is 12.1. The van der Waals surface area contributed by atoms with Gasteiger partial charge in [-0.2, -0.15) is 0 Å². The number of carbonyl (C=O) groups excluding carboxylic acids is 1. The van der Waals surface area contributed by atoms with Crippen molar-refractivity contribution < 1.29 is 4.79 Å². The second kappa shape index (κ2) is 6.89. The highest BCUT2D eigenvalue weighted by Crippen LogP contribution is 2.32. The minimum Gasteiger partial charge on any atom is -0.352 e. The van der Waals surface area contributed by atoms with Crippen molar-refractivity contribution in [1.82, 2.24) is 10.6 Å². The van der Waals surface area contributed by atoms with Gasteiger partial charge >= 0.3 is 0 Å². The third-order valence-electron chi connectivity index (χ3n) is 3.75. The lowest BCUT2D eigenvalue weighted by atomic mass is 9.95. The van der Waals surface area contributed by atoms with Crippen LogP contribution in [0, 0.1) is 0 Å². The van der Waals surface area contributed by atoms with Gasteiger partial charge in [0.05, 0.1) is 0 Å². The average Bonchev–Trinajstić information content (AvgIpc) is 2.63. The van der Waals surface area contributed by atoms with Crippen LogP contribution in [0.15, 0.2) is 36.5 Å². The lowest BCUT2D eigenvalue weighted by Gasteiger charge is -2.28. The van der Waals surface area contributed by atoms with E-state index >= 15 is 0 Å². The summed E-state index contributed by atoms with van der Waals surface area (Å²) in [5.74, 6) is 0.0888. The van der Waals surface area contributed by atoms with E-state index in [4.69, 9.17) is 0 Å². The van der Waals surface area contributed by atoms with Crippen molar-refractivity contribution in [3.05, 3.63) is 36.5 Å². The van der Waals surface area contributed by atoms with Crippen LogP contribution in [-0.2, 0) is 4.79 Å². The highest BCUT2D eigenvalue weighted by atomic mass is 16.1. The zero-order chi connectivity index (χ0) is 15.2. The molecule has 2 N–H and O–H groups in total. The fourth-order valence-corrected chi connectivity index (χ4v) is 2.70. The number of rotatable bonds is 6. The van der Waals surface area contributed by atoms with E-state index in [0.717, 1.165) is 18.4 Å².